The molecular weight excluding hydrogens is 275 g/mol. The molecule has 2 heteroatoms. The number of fused-ring (bicyclic) bond motifs is 3. The molecule has 21 heavy (non-hydrogen) atoms. The smallest absolute Gasteiger partial charge is 0.151 e. The molecule has 102 valence electrons. The molecule has 0 radical (unpaired) electrons. The molecule has 3 aromatic rings. The van der Waals surface area contributed by atoms with Gasteiger partial charge >= 0.3 is 0 Å². The van der Waals surface area contributed by atoms with Crippen LogP contribution >= 0.6 is 8.15 Å². The fourth-order valence-corrected chi connectivity index (χ4v) is 4.76. The summed E-state index contributed by atoms with van der Waals surface area (Å²) in [6.07, 6.45) is 0. The van der Waals surface area contributed by atoms with Crippen molar-refractivity contribution in [3.8, 4) is 16.9 Å². The van der Waals surface area contributed by atoms with Crippen molar-refractivity contribution in [2.45, 2.75) is 6.92 Å². The predicted octanol–water partition coefficient (Wildman–Crippen LogP) is 4.40. The summed E-state index contributed by atoms with van der Waals surface area (Å²) in [6, 6.07) is 25.5. The summed E-state index contributed by atoms with van der Waals surface area (Å²) in [5.41, 5.74) is 3.77. The Morgan fingerprint density at radius 1 is 0.762 bits per heavy atom. The van der Waals surface area contributed by atoms with Crippen LogP contribution in [0.25, 0.3) is 11.1 Å². The lowest BCUT2D eigenvalue weighted by Crippen LogP contribution is -2.21. The molecule has 0 aromatic heterocycles. The summed E-state index contributed by atoms with van der Waals surface area (Å²) in [6.45, 7) is 2.13. The summed E-state index contributed by atoms with van der Waals surface area (Å²) < 4.78 is 6.36. The van der Waals surface area contributed by atoms with E-state index in [-0.39, 0.29) is 0 Å². The van der Waals surface area contributed by atoms with E-state index in [0.717, 1.165) is 5.75 Å². The summed E-state index contributed by atoms with van der Waals surface area (Å²) in [5.74, 6) is 0.990. The monoisotopic (exact) mass is 290 g/mol. The van der Waals surface area contributed by atoms with Crippen molar-refractivity contribution in [2.24, 2.45) is 0 Å². The van der Waals surface area contributed by atoms with E-state index < -0.39 is 8.15 Å². The molecule has 1 unspecified atom stereocenters. The van der Waals surface area contributed by atoms with Crippen molar-refractivity contribution in [1.82, 2.24) is 0 Å². The summed E-state index contributed by atoms with van der Waals surface area (Å²) in [4.78, 5) is 0. The van der Waals surface area contributed by atoms with Gasteiger partial charge in [0.05, 0.1) is 0 Å². The molecule has 0 saturated heterocycles. The maximum absolute atomic E-state index is 6.36. The van der Waals surface area contributed by atoms with Crippen molar-refractivity contribution in [3.05, 3.63) is 78.4 Å². The highest BCUT2D eigenvalue weighted by Crippen LogP contribution is 2.47. The van der Waals surface area contributed by atoms with Gasteiger partial charge in [0.1, 0.15) is 5.75 Å². The van der Waals surface area contributed by atoms with Crippen molar-refractivity contribution in [2.75, 3.05) is 0 Å². The average molecular weight is 290 g/mol. The third-order valence-electron chi connectivity index (χ3n) is 3.73. The zero-order valence-corrected chi connectivity index (χ0v) is 12.7. The second-order valence-corrected chi connectivity index (χ2v) is 7.01. The summed E-state index contributed by atoms with van der Waals surface area (Å²) in [7, 11) is -0.785. The lowest BCUT2D eigenvalue weighted by Gasteiger charge is -2.28. The van der Waals surface area contributed by atoms with E-state index in [1.54, 1.807) is 0 Å². The van der Waals surface area contributed by atoms with Gasteiger partial charge in [-0.2, -0.15) is 0 Å². The summed E-state index contributed by atoms with van der Waals surface area (Å²) in [5, 5.41) is 2.57. The highest BCUT2D eigenvalue weighted by atomic mass is 31.1. The molecule has 0 aliphatic carbocycles. The SMILES string of the molecule is Cc1cccc(P2Oc3ccccc3-c3ccccc32)c1. The first kappa shape index (κ1) is 12.6. The van der Waals surface area contributed by atoms with Gasteiger partial charge in [0, 0.05) is 16.2 Å². The highest BCUT2D eigenvalue weighted by Gasteiger charge is 2.27. The van der Waals surface area contributed by atoms with Gasteiger partial charge < -0.3 is 4.52 Å². The third-order valence-corrected chi connectivity index (χ3v) is 5.68. The largest absolute Gasteiger partial charge is 0.464 e. The first-order chi connectivity index (χ1) is 10.3. The van der Waals surface area contributed by atoms with Crippen LogP contribution in [0.3, 0.4) is 0 Å². The van der Waals surface area contributed by atoms with E-state index in [2.05, 4.69) is 73.7 Å². The molecule has 0 spiro atoms. The molecule has 4 rings (SSSR count). The van der Waals surface area contributed by atoms with E-state index in [9.17, 15) is 0 Å². The number of hydrogen-bond acceptors (Lipinski definition) is 1. The zero-order valence-electron chi connectivity index (χ0n) is 11.8. The standard InChI is InChI=1S/C19H15OP/c1-14-7-6-8-15(13-14)21-19-12-5-3-10-17(19)16-9-2-4-11-18(16)20-21/h2-13H,1H3. The van der Waals surface area contributed by atoms with Crippen LogP contribution in [-0.2, 0) is 0 Å². The Labute approximate surface area is 126 Å². The van der Waals surface area contributed by atoms with Crippen LogP contribution in [0.15, 0.2) is 72.8 Å². The highest BCUT2D eigenvalue weighted by molar-refractivity contribution is 7.69. The van der Waals surface area contributed by atoms with Crippen LogP contribution in [0, 0.1) is 6.92 Å². The Hall–Kier alpha value is -2.11. The first-order valence-electron chi connectivity index (χ1n) is 7.06. The Morgan fingerprint density at radius 2 is 1.52 bits per heavy atom. The number of para-hydroxylation sites is 1. The second-order valence-electron chi connectivity index (χ2n) is 5.24. The number of rotatable bonds is 1. The number of benzene rings is 3. The minimum atomic E-state index is -0.785. The van der Waals surface area contributed by atoms with Gasteiger partial charge in [0.25, 0.3) is 0 Å². The topological polar surface area (TPSA) is 9.23 Å². The van der Waals surface area contributed by atoms with Gasteiger partial charge in [-0.15, -0.1) is 0 Å². The van der Waals surface area contributed by atoms with Gasteiger partial charge in [0.15, 0.2) is 8.15 Å². The van der Waals surface area contributed by atoms with E-state index in [1.807, 2.05) is 6.07 Å². The van der Waals surface area contributed by atoms with Crippen molar-refractivity contribution in [3.63, 3.8) is 0 Å². The van der Waals surface area contributed by atoms with Crippen LogP contribution in [0.1, 0.15) is 5.56 Å². The molecular formula is C19H15OP. The molecule has 0 saturated carbocycles. The lowest BCUT2D eigenvalue weighted by molar-refractivity contribution is 0.629. The molecule has 0 fully saturated rings. The van der Waals surface area contributed by atoms with Gasteiger partial charge in [-0.25, -0.2) is 0 Å². The van der Waals surface area contributed by atoms with E-state index in [0.29, 0.717) is 0 Å². The van der Waals surface area contributed by atoms with Crippen LogP contribution < -0.4 is 15.1 Å². The predicted molar refractivity (Wildman–Crippen MR) is 89.9 cm³/mol. The first-order valence-corrected chi connectivity index (χ1v) is 8.32. The van der Waals surface area contributed by atoms with Crippen LogP contribution in [0.5, 0.6) is 5.75 Å². The van der Waals surface area contributed by atoms with Gasteiger partial charge in [-0.1, -0.05) is 66.2 Å². The van der Waals surface area contributed by atoms with Crippen molar-refractivity contribution >= 4 is 18.8 Å². The number of hydrogen-bond donors (Lipinski definition) is 0. The maximum atomic E-state index is 6.36. The molecule has 1 aliphatic heterocycles. The van der Waals surface area contributed by atoms with E-state index in [4.69, 9.17) is 4.52 Å². The van der Waals surface area contributed by atoms with Crippen molar-refractivity contribution in [1.29, 1.82) is 0 Å². The Kier molecular flexibility index (Phi) is 3.02. The summed E-state index contributed by atoms with van der Waals surface area (Å²) >= 11 is 0. The molecule has 0 bridgehead atoms. The molecule has 0 amide bonds. The fraction of sp³-hybridized carbons (Fsp3) is 0.0526. The Bertz CT molecular complexity index is 810. The normalized spacial score (nSPS) is 15.8. The molecule has 3 aromatic carbocycles. The lowest BCUT2D eigenvalue weighted by atomic mass is 10.0. The molecule has 0 N–H and O–H groups in total. The minimum absolute atomic E-state index is 0.785. The average Bonchev–Trinajstić information content (AvgIpc) is 2.54. The Morgan fingerprint density at radius 3 is 2.38 bits per heavy atom. The van der Waals surface area contributed by atoms with Crippen molar-refractivity contribution < 1.29 is 4.52 Å². The van der Waals surface area contributed by atoms with Gasteiger partial charge in [-0.05, 0) is 24.6 Å². The molecule has 1 aliphatic rings. The minimum Gasteiger partial charge on any atom is -0.464 e. The Balaban J connectivity index is 1.92. The van der Waals surface area contributed by atoms with E-state index in [1.165, 1.54) is 27.3 Å². The van der Waals surface area contributed by atoms with Crippen LogP contribution in [0.4, 0.5) is 0 Å². The third kappa shape index (κ3) is 2.14. The maximum Gasteiger partial charge on any atom is 0.151 e. The van der Waals surface area contributed by atoms with Crippen LogP contribution in [-0.4, -0.2) is 0 Å². The number of aryl methyl sites for hydroxylation is 1. The second kappa shape index (κ2) is 5.02. The zero-order chi connectivity index (χ0) is 14.2. The van der Waals surface area contributed by atoms with Gasteiger partial charge in [-0.3, -0.25) is 0 Å². The van der Waals surface area contributed by atoms with E-state index >= 15 is 0 Å². The van der Waals surface area contributed by atoms with Crippen LogP contribution in [0.2, 0.25) is 0 Å². The molecule has 1 nitrogen and oxygen atoms in total. The quantitative estimate of drug-likeness (QED) is 0.603. The van der Waals surface area contributed by atoms with Gasteiger partial charge in [0.2, 0.25) is 0 Å². The molecule has 1 heterocycles. The fourth-order valence-electron chi connectivity index (χ4n) is 2.74. The molecule has 1 atom stereocenters.